The van der Waals surface area contributed by atoms with E-state index >= 15 is 0 Å². The number of rotatable bonds is 9. The van der Waals surface area contributed by atoms with Crippen LogP contribution >= 0.6 is 0 Å². The first-order valence-corrected chi connectivity index (χ1v) is 17.4. The van der Waals surface area contributed by atoms with Crippen LogP contribution in [0.3, 0.4) is 0 Å². The molecule has 0 N–H and O–H groups in total. The molecular weight excluding hydrogens is 510 g/mol. The zero-order chi connectivity index (χ0) is 28.8. The summed E-state index contributed by atoms with van der Waals surface area (Å²) in [6, 6.07) is 32.4. The predicted octanol–water partition coefficient (Wildman–Crippen LogP) is 7.95. The quantitative estimate of drug-likeness (QED) is 0.116. The number of likely N-dealkylation sites (tertiary alicyclic amines) is 1. The van der Waals surface area contributed by atoms with E-state index in [1.165, 1.54) is 16.7 Å². The van der Waals surface area contributed by atoms with Gasteiger partial charge in [-0.25, -0.2) is 0 Å². The van der Waals surface area contributed by atoms with Crippen LogP contribution in [0.15, 0.2) is 103 Å². The Morgan fingerprint density at radius 2 is 1.35 bits per heavy atom. The highest BCUT2D eigenvalue weighted by Crippen LogP contribution is 2.45. The summed E-state index contributed by atoms with van der Waals surface area (Å²) in [6.45, 7) is 15.2. The van der Waals surface area contributed by atoms with Crippen LogP contribution in [0.4, 0.5) is 0 Å². The van der Waals surface area contributed by atoms with Crippen LogP contribution in [-0.2, 0) is 19.5 Å². The Kier molecular flexibility index (Phi) is 9.50. The van der Waals surface area contributed by atoms with Crippen LogP contribution in [0, 0.1) is 0 Å². The molecule has 3 aromatic carbocycles. The number of hydrogen-bond donors (Lipinski definition) is 0. The Labute approximate surface area is 242 Å². The smallest absolute Gasteiger partial charge is 0.309 e. The predicted molar refractivity (Wildman–Crippen MR) is 167 cm³/mol. The highest BCUT2D eigenvalue weighted by atomic mass is 28.4. The van der Waals surface area contributed by atoms with Crippen molar-refractivity contribution in [3.8, 4) is 0 Å². The van der Waals surface area contributed by atoms with Crippen LogP contribution < -0.4 is 0 Å². The van der Waals surface area contributed by atoms with E-state index in [4.69, 9.17) is 9.16 Å². The van der Waals surface area contributed by atoms with Gasteiger partial charge in [0.25, 0.3) is 0 Å². The first-order chi connectivity index (χ1) is 19.1. The maximum Gasteiger partial charge on any atom is 0.309 e. The number of esters is 1. The Morgan fingerprint density at radius 1 is 0.875 bits per heavy atom. The summed E-state index contributed by atoms with van der Waals surface area (Å²) in [4.78, 5) is 15.0. The van der Waals surface area contributed by atoms with E-state index in [9.17, 15) is 4.79 Å². The van der Waals surface area contributed by atoms with Gasteiger partial charge < -0.3 is 9.16 Å². The lowest BCUT2D eigenvalue weighted by atomic mass is 9.74. The minimum atomic E-state index is -2.04. The molecule has 1 atom stereocenters. The van der Waals surface area contributed by atoms with Crippen molar-refractivity contribution in [3.63, 3.8) is 0 Å². The van der Waals surface area contributed by atoms with Gasteiger partial charge in [0.05, 0.1) is 24.7 Å². The number of hydrogen-bond acceptors (Lipinski definition) is 4. The SMILES string of the molecule is CCOC(=O)C/C=C1\CN(C(c2ccccc2)(c2ccccc2)c2ccccc2)CCC1O[Si](C)(C)C(C)(C)C. The molecular formula is C35H45NO3Si. The number of benzene rings is 3. The zero-order valence-electron chi connectivity index (χ0n) is 25.0. The minimum Gasteiger partial charge on any atom is -0.466 e. The second-order valence-corrected chi connectivity index (χ2v) is 16.9. The molecule has 212 valence electrons. The van der Waals surface area contributed by atoms with Gasteiger partial charge in [0.1, 0.15) is 0 Å². The fourth-order valence-corrected chi connectivity index (χ4v) is 6.86. The van der Waals surface area contributed by atoms with Gasteiger partial charge in [-0.05, 0) is 53.7 Å². The summed E-state index contributed by atoms with van der Waals surface area (Å²) < 4.78 is 12.3. The average molecular weight is 556 g/mol. The summed E-state index contributed by atoms with van der Waals surface area (Å²) in [6.07, 6.45) is 3.17. The lowest BCUT2D eigenvalue weighted by Crippen LogP contribution is -2.55. The van der Waals surface area contributed by atoms with Gasteiger partial charge >= 0.3 is 5.97 Å². The number of piperidine rings is 1. The Hall–Kier alpha value is -2.99. The van der Waals surface area contributed by atoms with E-state index in [1.807, 2.05) is 6.92 Å². The fourth-order valence-electron chi connectivity index (χ4n) is 5.53. The van der Waals surface area contributed by atoms with Crippen molar-refractivity contribution >= 4 is 14.3 Å². The van der Waals surface area contributed by atoms with Crippen molar-refractivity contribution in [1.29, 1.82) is 0 Å². The molecule has 4 nitrogen and oxygen atoms in total. The molecule has 40 heavy (non-hydrogen) atoms. The van der Waals surface area contributed by atoms with Gasteiger partial charge in [0.2, 0.25) is 0 Å². The molecule has 0 amide bonds. The standard InChI is InChI=1S/C35H45NO3Si/c1-7-38-33(37)24-23-28-27-36(26-25-32(28)39-40(5,6)34(2,3)4)35(29-17-11-8-12-18-29,30-19-13-9-14-20-30)31-21-15-10-16-22-31/h8-23,32H,7,24-27H2,1-6H3/b28-23+. The molecule has 0 saturated carbocycles. The van der Waals surface area contributed by atoms with Gasteiger partial charge in [-0.1, -0.05) is 118 Å². The molecule has 3 aromatic rings. The number of carbonyl (C=O) groups is 1. The van der Waals surface area contributed by atoms with Crippen LogP contribution in [0.1, 0.15) is 57.2 Å². The van der Waals surface area contributed by atoms with E-state index < -0.39 is 13.9 Å². The van der Waals surface area contributed by atoms with E-state index in [0.717, 1.165) is 18.5 Å². The van der Waals surface area contributed by atoms with Gasteiger partial charge in [-0.3, -0.25) is 9.69 Å². The molecule has 0 radical (unpaired) electrons. The molecule has 1 heterocycles. The molecule has 1 unspecified atom stereocenters. The van der Waals surface area contributed by atoms with Gasteiger partial charge in [0.15, 0.2) is 8.32 Å². The largest absolute Gasteiger partial charge is 0.466 e. The third-order valence-corrected chi connectivity index (χ3v) is 13.1. The second kappa shape index (κ2) is 12.7. The summed E-state index contributed by atoms with van der Waals surface area (Å²) in [5, 5.41) is 0.0955. The van der Waals surface area contributed by atoms with Gasteiger partial charge in [0, 0.05) is 13.1 Å². The van der Waals surface area contributed by atoms with Crippen LogP contribution in [0.2, 0.25) is 18.1 Å². The van der Waals surface area contributed by atoms with Crippen molar-refractivity contribution in [1.82, 2.24) is 4.90 Å². The van der Waals surface area contributed by atoms with Gasteiger partial charge in [-0.15, -0.1) is 0 Å². The van der Waals surface area contributed by atoms with Crippen LogP contribution in [0.25, 0.3) is 0 Å². The molecule has 0 aromatic heterocycles. The molecule has 5 heteroatoms. The Morgan fingerprint density at radius 3 is 1.77 bits per heavy atom. The molecule has 0 aliphatic carbocycles. The Bertz CT molecular complexity index is 1170. The monoisotopic (exact) mass is 555 g/mol. The van der Waals surface area contributed by atoms with Crippen LogP contribution in [0.5, 0.6) is 0 Å². The summed E-state index contributed by atoms with van der Waals surface area (Å²) >= 11 is 0. The summed E-state index contributed by atoms with van der Waals surface area (Å²) in [5.74, 6) is -0.196. The van der Waals surface area contributed by atoms with E-state index in [2.05, 4.69) is 136 Å². The topological polar surface area (TPSA) is 38.8 Å². The van der Waals surface area contributed by atoms with Crippen molar-refractivity contribution < 1.29 is 14.0 Å². The number of carbonyl (C=O) groups excluding carboxylic acids is 1. The first-order valence-electron chi connectivity index (χ1n) is 14.5. The average Bonchev–Trinajstić information content (AvgIpc) is 2.94. The van der Waals surface area contributed by atoms with Crippen molar-refractivity contribution in [2.24, 2.45) is 0 Å². The summed E-state index contributed by atoms with van der Waals surface area (Å²) in [5.41, 5.74) is 4.33. The third-order valence-electron chi connectivity index (χ3n) is 8.58. The molecule has 0 spiro atoms. The molecule has 1 aliphatic rings. The third kappa shape index (κ3) is 6.32. The van der Waals surface area contributed by atoms with Crippen LogP contribution in [-0.4, -0.2) is 45.0 Å². The van der Waals surface area contributed by atoms with Crippen molar-refractivity contribution in [2.45, 2.75) is 70.3 Å². The zero-order valence-corrected chi connectivity index (χ0v) is 26.0. The second-order valence-electron chi connectivity index (χ2n) is 12.2. The van der Waals surface area contributed by atoms with E-state index in [0.29, 0.717) is 13.2 Å². The lowest BCUT2D eigenvalue weighted by Gasteiger charge is -2.50. The highest BCUT2D eigenvalue weighted by Gasteiger charge is 2.46. The molecule has 1 aliphatic heterocycles. The summed E-state index contributed by atoms with van der Waals surface area (Å²) in [7, 11) is -2.04. The fraction of sp³-hybridized carbons (Fsp3) is 0.400. The van der Waals surface area contributed by atoms with Crippen molar-refractivity contribution in [2.75, 3.05) is 19.7 Å². The van der Waals surface area contributed by atoms with E-state index in [1.54, 1.807) is 0 Å². The van der Waals surface area contributed by atoms with Gasteiger partial charge in [-0.2, -0.15) is 0 Å². The number of ether oxygens (including phenoxy) is 1. The van der Waals surface area contributed by atoms with E-state index in [-0.39, 0.29) is 23.5 Å². The number of nitrogens with zero attached hydrogens (tertiary/aromatic N) is 1. The highest BCUT2D eigenvalue weighted by molar-refractivity contribution is 6.74. The maximum atomic E-state index is 12.5. The minimum absolute atomic E-state index is 0.0217. The molecule has 1 fully saturated rings. The lowest BCUT2D eigenvalue weighted by molar-refractivity contribution is -0.142. The normalized spacial score (nSPS) is 18.1. The first kappa shape index (κ1) is 30.0. The maximum absolute atomic E-state index is 12.5. The Balaban J connectivity index is 1.84. The molecule has 0 bridgehead atoms. The molecule has 1 saturated heterocycles. The van der Waals surface area contributed by atoms with Crippen molar-refractivity contribution in [3.05, 3.63) is 119 Å². The molecule has 4 rings (SSSR count).